The minimum absolute atomic E-state index is 0.0109. The van der Waals surface area contributed by atoms with Gasteiger partial charge in [0.25, 0.3) is 11.4 Å². The van der Waals surface area contributed by atoms with Crippen LogP contribution in [0.1, 0.15) is 12.6 Å². The molecule has 3 aromatic rings. The molecule has 3 fully saturated rings. The minimum Gasteiger partial charge on any atom is -0.382 e. The number of H-pyrrole nitrogens is 1. The summed E-state index contributed by atoms with van der Waals surface area (Å²) in [6.07, 6.45) is -3.59. The summed E-state index contributed by atoms with van der Waals surface area (Å²) in [5.41, 5.74) is 16.5. The second-order valence-corrected chi connectivity index (χ2v) is 15.8. The Morgan fingerprint density at radius 3 is 2.68 bits per heavy atom. The van der Waals surface area contributed by atoms with Gasteiger partial charge in [-0.05, 0) is 0 Å². The summed E-state index contributed by atoms with van der Waals surface area (Å²) < 4.78 is 79.3. The normalized spacial score (nSPS) is 37.5. The lowest BCUT2D eigenvalue weighted by molar-refractivity contribution is -0.0514. The van der Waals surface area contributed by atoms with Crippen molar-refractivity contribution >= 4 is 72.5 Å². The average molecular weight is 696 g/mol. The molecular weight excluding hydrogens is 671 g/mol. The first-order valence-electron chi connectivity index (χ1n) is 12.8. The third kappa shape index (κ3) is 5.24. The number of thiol groups is 2. The average Bonchev–Trinajstić information content (AvgIpc) is 3.72. The molecule has 238 valence electrons. The number of imidazole rings is 1. The maximum atomic E-state index is 16.9. The summed E-state index contributed by atoms with van der Waals surface area (Å²) >= 11 is 8.19. The molecule has 0 aliphatic carbocycles. The molecule has 7 rings (SSSR count). The van der Waals surface area contributed by atoms with Crippen LogP contribution in [0, 0.1) is 0 Å². The van der Waals surface area contributed by atoms with Gasteiger partial charge >= 0.3 is 13.6 Å². The standard InChI is InChI=1S/C19H24FN11O9P2S2/c20-19(31-14-10(28-29-31)13(21)23-5-24-14)4-35-9-3-37-41(33,43)39-8-1-7(2-36-42(34,44)40-12(9)19)38-17(8)30-6-25-11-15(30)26-18(22)27-16(11)32/h5-9,12,17,28-29H,1-4H2,(H,33,43)(H,34,44)(H2,21,23,24)(H3,22,26,27,32)/t7-,8-,9+,12+,17+,19+,41?,42?/m0/s1. The number of nitrogens with two attached hydrogens (primary N) is 2. The first kappa shape index (κ1) is 30.1. The van der Waals surface area contributed by atoms with Crippen LogP contribution >= 0.6 is 38.1 Å². The molecule has 4 aliphatic rings. The number of nitrogens with one attached hydrogen (secondary N) is 3. The molecule has 0 aromatic carbocycles. The number of anilines is 4. The molecule has 7 N–H and O–H groups in total. The molecule has 0 radical (unpaired) electrons. The number of halogens is 1. The zero-order chi connectivity index (χ0) is 31.0. The first-order valence-corrected chi connectivity index (χ1v) is 18.1. The Balaban J connectivity index is 1.19. The number of alkyl halides is 1. The quantitative estimate of drug-likeness (QED) is 0.110. The Morgan fingerprint density at radius 2 is 1.86 bits per heavy atom. The van der Waals surface area contributed by atoms with Crippen LogP contribution in [0.2, 0.25) is 0 Å². The van der Waals surface area contributed by atoms with E-state index in [1.165, 1.54) is 10.9 Å². The Labute approximate surface area is 256 Å². The van der Waals surface area contributed by atoms with Crippen molar-refractivity contribution in [3.63, 3.8) is 0 Å². The zero-order valence-corrected chi connectivity index (χ0v) is 25.6. The highest BCUT2D eigenvalue weighted by molar-refractivity contribution is 8.44. The van der Waals surface area contributed by atoms with Crippen LogP contribution in [-0.4, -0.2) is 79.5 Å². The smallest absolute Gasteiger partial charge is 0.382 e. The van der Waals surface area contributed by atoms with Gasteiger partial charge in [0, 0.05) is 6.42 Å². The highest BCUT2D eigenvalue weighted by atomic mass is 32.7. The molecule has 0 spiro atoms. The van der Waals surface area contributed by atoms with Crippen molar-refractivity contribution in [1.82, 2.24) is 35.0 Å². The summed E-state index contributed by atoms with van der Waals surface area (Å²) in [4.78, 5) is 30.8. The lowest BCUT2D eigenvalue weighted by Gasteiger charge is -2.36. The summed E-state index contributed by atoms with van der Waals surface area (Å²) in [6.45, 7) is -10.2. The fourth-order valence-corrected chi connectivity index (χ4v) is 8.28. The number of nitrogens with zero attached hydrogens (tertiary/aromatic N) is 6. The van der Waals surface area contributed by atoms with Gasteiger partial charge in [-0.15, -0.1) is 5.53 Å². The van der Waals surface area contributed by atoms with Gasteiger partial charge in [0.05, 0.1) is 25.6 Å². The van der Waals surface area contributed by atoms with E-state index in [0.29, 0.717) is 0 Å². The van der Waals surface area contributed by atoms with Crippen molar-refractivity contribution in [3.05, 3.63) is 23.0 Å². The molecule has 3 saturated heterocycles. The van der Waals surface area contributed by atoms with E-state index in [4.69, 9.17) is 39.0 Å². The molecule has 2 unspecified atom stereocenters. The molecule has 3 aromatic heterocycles. The molecule has 0 saturated carbocycles. The van der Waals surface area contributed by atoms with Crippen LogP contribution in [-0.2, 0) is 36.7 Å². The Kier molecular flexibility index (Phi) is 7.37. The monoisotopic (exact) mass is 695 g/mol. The Bertz CT molecular complexity index is 1790. The van der Waals surface area contributed by atoms with Crippen LogP contribution in [0.25, 0.3) is 11.2 Å². The van der Waals surface area contributed by atoms with Crippen molar-refractivity contribution in [2.24, 2.45) is 0 Å². The van der Waals surface area contributed by atoms with E-state index in [-0.39, 0.29) is 47.5 Å². The van der Waals surface area contributed by atoms with Gasteiger partial charge in [0.1, 0.15) is 30.8 Å². The van der Waals surface area contributed by atoms with E-state index in [2.05, 4.69) is 60.4 Å². The number of hydrazine groups is 2. The molecule has 25 heteroatoms. The summed E-state index contributed by atoms with van der Waals surface area (Å²) in [5.74, 6) is -2.74. The predicted molar refractivity (Wildman–Crippen MR) is 155 cm³/mol. The number of aromatic nitrogens is 6. The topological polar surface area (TPSA) is 258 Å². The lowest BCUT2D eigenvalue weighted by Crippen LogP contribution is -2.60. The third-order valence-corrected chi connectivity index (χ3v) is 10.5. The predicted octanol–water partition coefficient (Wildman–Crippen LogP) is 0.671. The van der Waals surface area contributed by atoms with Crippen molar-refractivity contribution < 1.29 is 41.1 Å². The van der Waals surface area contributed by atoms with Crippen molar-refractivity contribution in [1.29, 1.82) is 0 Å². The van der Waals surface area contributed by atoms with Crippen molar-refractivity contribution in [2.45, 2.75) is 42.9 Å². The summed E-state index contributed by atoms with van der Waals surface area (Å²) in [5, 5.41) is 0.935. The van der Waals surface area contributed by atoms with E-state index >= 15 is 4.39 Å². The second kappa shape index (κ2) is 10.8. The SMILES string of the molecule is Nc1nc2c(ncn2[C@@H]2O[C@@H]3COP(=O)(S)O[C@@H]4[C@@H](COP(=O)(S)O[C@H]2C3)OC[C@@]4(F)N2NNc3c(N)ncnc32)c(=O)[nH]1. The fourth-order valence-electron chi connectivity index (χ4n) is 5.28. The lowest BCUT2D eigenvalue weighted by atomic mass is 10.1. The number of aromatic amines is 1. The van der Waals surface area contributed by atoms with Gasteiger partial charge in [0.2, 0.25) is 5.95 Å². The van der Waals surface area contributed by atoms with Crippen LogP contribution in [0.4, 0.5) is 27.7 Å². The van der Waals surface area contributed by atoms with E-state index in [0.717, 1.165) is 11.3 Å². The number of hydrogen-bond donors (Lipinski definition) is 7. The first-order chi connectivity index (χ1) is 20.8. The van der Waals surface area contributed by atoms with Gasteiger partial charge < -0.3 is 20.9 Å². The highest BCUT2D eigenvalue weighted by Crippen LogP contribution is 2.60. The van der Waals surface area contributed by atoms with E-state index in [1.54, 1.807) is 0 Å². The molecule has 44 heavy (non-hydrogen) atoms. The molecule has 0 amide bonds. The molecule has 2 bridgehead atoms. The molecule has 8 atom stereocenters. The Hall–Kier alpha value is -2.56. The van der Waals surface area contributed by atoms with Gasteiger partial charge in [-0.1, -0.05) is 24.5 Å². The van der Waals surface area contributed by atoms with Gasteiger partial charge in [-0.3, -0.25) is 37.9 Å². The number of rotatable bonds is 2. The fraction of sp³-hybridized carbons (Fsp3) is 0.526. The van der Waals surface area contributed by atoms with Gasteiger partial charge in [-0.25, -0.2) is 33.5 Å². The van der Waals surface area contributed by atoms with Crippen molar-refractivity contribution in [3.8, 4) is 0 Å². The van der Waals surface area contributed by atoms with Gasteiger partial charge in [0.15, 0.2) is 35.1 Å². The number of ether oxygens (including phenoxy) is 2. The molecule has 4 aliphatic heterocycles. The number of hydrogen-bond acceptors (Lipinski definition) is 18. The molecular formula is C19H24FN11O9P2S2. The van der Waals surface area contributed by atoms with E-state index in [9.17, 15) is 13.9 Å². The Morgan fingerprint density at radius 1 is 1.09 bits per heavy atom. The summed E-state index contributed by atoms with van der Waals surface area (Å²) in [7, 11) is 0. The number of fused-ring (bicyclic) bond motifs is 5. The van der Waals surface area contributed by atoms with Crippen LogP contribution < -0.4 is 33.0 Å². The highest BCUT2D eigenvalue weighted by Gasteiger charge is 2.60. The zero-order valence-electron chi connectivity index (χ0n) is 22.0. The van der Waals surface area contributed by atoms with Crippen LogP contribution in [0.3, 0.4) is 0 Å². The van der Waals surface area contributed by atoms with Crippen LogP contribution in [0.5, 0.6) is 0 Å². The molecule has 7 heterocycles. The van der Waals surface area contributed by atoms with E-state index < -0.39 is 68.8 Å². The maximum absolute atomic E-state index is 16.9. The second-order valence-electron chi connectivity index (χ2n) is 10.1. The van der Waals surface area contributed by atoms with Gasteiger partial charge in [-0.2, -0.15) is 4.98 Å². The molecule has 20 nitrogen and oxygen atoms in total. The van der Waals surface area contributed by atoms with Crippen molar-refractivity contribution in [2.75, 3.05) is 41.7 Å². The number of nitrogen functional groups attached to an aromatic ring is 2. The van der Waals surface area contributed by atoms with E-state index in [1.807, 2.05) is 0 Å². The minimum atomic E-state index is -4.35. The third-order valence-electron chi connectivity index (χ3n) is 7.22. The summed E-state index contributed by atoms with van der Waals surface area (Å²) in [6, 6.07) is 0. The largest absolute Gasteiger partial charge is 0.386 e. The maximum Gasteiger partial charge on any atom is 0.386 e. The van der Waals surface area contributed by atoms with Crippen LogP contribution in [0.15, 0.2) is 17.4 Å².